The summed E-state index contributed by atoms with van der Waals surface area (Å²) in [6.07, 6.45) is 2.59. The molecule has 1 aliphatic heterocycles. The molecular formula is C25H36F2N4O5Si. The highest BCUT2D eigenvalue weighted by Gasteiger charge is 2.32. The van der Waals surface area contributed by atoms with E-state index in [2.05, 4.69) is 24.7 Å². The highest BCUT2D eigenvalue weighted by Crippen LogP contribution is 2.35. The number of alkyl halides is 2. The zero-order valence-electron chi connectivity index (χ0n) is 21.7. The molecule has 1 unspecified atom stereocenters. The lowest BCUT2D eigenvalue weighted by Gasteiger charge is -2.23. The van der Waals surface area contributed by atoms with Crippen molar-refractivity contribution in [2.24, 2.45) is 0 Å². The van der Waals surface area contributed by atoms with Crippen LogP contribution in [0.1, 0.15) is 25.5 Å². The molecule has 0 saturated carbocycles. The second kappa shape index (κ2) is 12.0. The van der Waals surface area contributed by atoms with Gasteiger partial charge in [0.15, 0.2) is 12.8 Å². The van der Waals surface area contributed by atoms with E-state index in [1.54, 1.807) is 23.0 Å². The summed E-state index contributed by atoms with van der Waals surface area (Å²) in [4.78, 5) is 0. The molecular weight excluding hydrogens is 502 g/mol. The third-order valence-electron chi connectivity index (χ3n) is 6.01. The Balaban J connectivity index is 1.59. The maximum atomic E-state index is 14.3. The van der Waals surface area contributed by atoms with Crippen LogP contribution in [0, 0.1) is 0 Å². The Morgan fingerprint density at radius 3 is 2.76 bits per heavy atom. The average molecular weight is 539 g/mol. The predicted octanol–water partition coefficient (Wildman–Crippen LogP) is 4.89. The number of halogens is 2. The Kier molecular flexibility index (Phi) is 8.96. The van der Waals surface area contributed by atoms with Gasteiger partial charge in [0.2, 0.25) is 0 Å². The standard InChI is InChI=1S/C25H36F2N4O5Si/c1-37(2,3)13-12-34-18-30-16-19(15-28-30)24-21-14-20(36-25(26,27)17-33-11-9-32)7-8-22(21)31(29-24)23-6-4-5-10-35-23/h7-8,14-16,23,32H,4-6,9-13,17-18H2,1-3H3. The molecule has 0 bridgehead atoms. The fourth-order valence-corrected chi connectivity index (χ4v) is 4.84. The number of nitrogens with zero attached hydrogens (tertiary/aromatic N) is 4. The first-order valence-corrected chi connectivity index (χ1v) is 16.4. The van der Waals surface area contributed by atoms with Crippen LogP contribution in [0.4, 0.5) is 8.78 Å². The van der Waals surface area contributed by atoms with Crippen LogP contribution >= 0.6 is 0 Å². The quantitative estimate of drug-likeness (QED) is 0.245. The summed E-state index contributed by atoms with van der Waals surface area (Å²) >= 11 is 0. The van der Waals surface area contributed by atoms with Crippen LogP contribution in [0.15, 0.2) is 30.6 Å². The van der Waals surface area contributed by atoms with Gasteiger partial charge in [0, 0.05) is 38.4 Å². The van der Waals surface area contributed by atoms with Crippen LogP contribution < -0.4 is 4.74 Å². The molecule has 1 N–H and O–H groups in total. The molecule has 204 valence electrons. The van der Waals surface area contributed by atoms with Crippen LogP contribution in [-0.2, 0) is 20.9 Å². The fourth-order valence-electron chi connectivity index (χ4n) is 4.08. The van der Waals surface area contributed by atoms with Gasteiger partial charge in [0.25, 0.3) is 0 Å². The average Bonchev–Trinajstić information content (AvgIpc) is 3.46. The normalized spacial score (nSPS) is 17.0. The molecule has 1 atom stereocenters. The molecule has 1 aromatic carbocycles. The van der Waals surface area contributed by atoms with Gasteiger partial charge < -0.3 is 24.1 Å². The molecule has 2 aromatic heterocycles. The largest absolute Gasteiger partial charge is 0.431 e. The van der Waals surface area contributed by atoms with Crippen molar-refractivity contribution in [3.05, 3.63) is 30.6 Å². The number of benzene rings is 1. The topological polar surface area (TPSA) is 92.8 Å². The van der Waals surface area contributed by atoms with E-state index in [1.165, 1.54) is 6.07 Å². The van der Waals surface area contributed by atoms with E-state index < -0.39 is 20.8 Å². The summed E-state index contributed by atoms with van der Waals surface area (Å²) in [5.74, 6) is -0.0162. The Hall–Kier alpha value is -2.38. The summed E-state index contributed by atoms with van der Waals surface area (Å²) < 4.78 is 53.6. The number of rotatable bonds is 13. The van der Waals surface area contributed by atoms with Crippen LogP contribution in [0.3, 0.4) is 0 Å². The van der Waals surface area contributed by atoms with Crippen molar-refractivity contribution in [2.75, 3.05) is 33.0 Å². The Morgan fingerprint density at radius 2 is 2.03 bits per heavy atom. The van der Waals surface area contributed by atoms with Gasteiger partial charge >= 0.3 is 6.11 Å². The van der Waals surface area contributed by atoms with Crippen LogP contribution in [-0.4, -0.2) is 71.9 Å². The molecule has 0 amide bonds. The van der Waals surface area contributed by atoms with Crippen LogP contribution in [0.25, 0.3) is 22.2 Å². The van der Waals surface area contributed by atoms with Crippen molar-refractivity contribution in [1.82, 2.24) is 19.6 Å². The molecule has 3 aromatic rings. The molecule has 0 aliphatic carbocycles. The Bertz CT molecular complexity index is 1160. The van der Waals surface area contributed by atoms with E-state index in [4.69, 9.17) is 29.2 Å². The van der Waals surface area contributed by atoms with Gasteiger partial charge in [-0.3, -0.25) is 0 Å². The molecule has 37 heavy (non-hydrogen) atoms. The smallest absolute Gasteiger partial charge is 0.421 e. The van der Waals surface area contributed by atoms with Gasteiger partial charge in [-0.15, -0.1) is 0 Å². The molecule has 1 fully saturated rings. The minimum absolute atomic E-state index is 0.0162. The number of aromatic nitrogens is 4. The lowest BCUT2D eigenvalue weighted by atomic mass is 10.1. The Morgan fingerprint density at radius 1 is 1.19 bits per heavy atom. The molecule has 4 rings (SSSR count). The Labute approximate surface area is 216 Å². The summed E-state index contributed by atoms with van der Waals surface area (Å²) in [7, 11) is -1.18. The summed E-state index contributed by atoms with van der Waals surface area (Å²) in [6.45, 7) is 7.06. The van der Waals surface area contributed by atoms with E-state index in [0.717, 1.165) is 36.4 Å². The second-order valence-electron chi connectivity index (χ2n) is 10.4. The van der Waals surface area contributed by atoms with Gasteiger partial charge in [-0.25, -0.2) is 9.36 Å². The van der Waals surface area contributed by atoms with Crippen molar-refractivity contribution in [3.63, 3.8) is 0 Å². The summed E-state index contributed by atoms with van der Waals surface area (Å²) in [5.41, 5.74) is 2.10. The van der Waals surface area contributed by atoms with E-state index in [9.17, 15) is 8.78 Å². The maximum absolute atomic E-state index is 14.3. The van der Waals surface area contributed by atoms with Gasteiger partial charge in [0.05, 0.1) is 24.9 Å². The monoisotopic (exact) mass is 538 g/mol. The number of hydrogen-bond donors (Lipinski definition) is 1. The molecule has 9 nitrogen and oxygen atoms in total. The van der Waals surface area contributed by atoms with Crippen molar-refractivity contribution in [3.8, 4) is 17.0 Å². The zero-order valence-corrected chi connectivity index (χ0v) is 22.7. The molecule has 0 radical (unpaired) electrons. The number of ether oxygens (including phenoxy) is 4. The zero-order chi connectivity index (χ0) is 26.5. The molecule has 1 aliphatic rings. The number of fused-ring (bicyclic) bond motifs is 1. The van der Waals surface area contributed by atoms with Crippen molar-refractivity contribution < 1.29 is 32.8 Å². The van der Waals surface area contributed by atoms with E-state index in [1.807, 2.05) is 10.9 Å². The van der Waals surface area contributed by atoms with Gasteiger partial charge in [-0.2, -0.15) is 19.0 Å². The molecule has 0 spiro atoms. The minimum Gasteiger partial charge on any atom is -0.431 e. The summed E-state index contributed by atoms with van der Waals surface area (Å²) in [6, 6.07) is 5.82. The van der Waals surface area contributed by atoms with Crippen LogP contribution in [0.5, 0.6) is 5.75 Å². The SMILES string of the molecule is C[Si](C)(C)CCOCn1cc(-c2nn(C3CCCCO3)c3ccc(OC(F)(F)COCCO)cc23)cn1. The van der Waals surface area contributed by atoms with Gasteiger partial charge in [0.1, 0.15) is 18.2 Å². The van der Waals surface area contributed by atoms with Crippen molar-refractivity contribution in [2.45, 2.75) is 64.0 Å². The number of aliphatic hydroxyl groups is 1. The van der Waals surface area contributed by atoms with Crippen molar-refractivity contribution in [1.29, 1.82) is 0 Å². The number of aliphatic hydroxyl groups excluding tert-OH is 1. The lowest BCUT2D eigenvalue weighted by molar-refractivity contribution is -0.212. The predicted molar refractivity (Wildman–Crippen MR) is 137 cm³/mol. The van der Waals surface area contributed by atoms with E-state index in [-0.39, 0.29) is 25.2 Å². The minimum atomic E-state index is -3.55. The van der Waals surface area contributed by atoms with Crippen LogP contribution in [0.2, 0.25) is 25.7 Å². The maximum Gasteiger partial charge on any atom is 0.421 e. The first-order valence-electron chi connectivity index (χ1n) is 12.7. The highest BCUT2D eigenvalue weighted by molar-refractivity contribution is 6.76. The second-order valence-corrected chi connectivity index (χ2v) is 16.0. The van der Waals surface area contributed by atoms with E-state index in [0.29, 0.717) is 31.0 Å². The summed E-state index contributed by atoms with van der Waals surface area (Å²) in [5, 5.41) is 18.7. The fraction of sp³-hybridized carbons (Fsp3) is 0.600. The van der Waals surface area contributed by atoms with Gasteiger partial charge in [-0.05, 0) is 43.5 Å². The third-order valence-corrected chi connectivity index (χ3v) is 7.71. The molecule has 3 heterocycles. The van der Waals surface area contributed by atoms with E-state index >= 15 is 0 Å². The third kappa shape index (κ3) is 7.57. The lowest BCUT2D eigenvalue weighted by Crippen LogP contribution is -2.31. The number of hydrogen-bond acceptors (Lipinski definition) is 7. The van der Waals surface area contributed by atoms with Gasteiger partial charge in [-0.1, -0.05) is 19.6 Å². The highest BCUT2D eigenvalue weighted by atomic mass is 28.3. The van der Waals surface area contributed by atoms with Crippen molar-refractivity contribution >= 4 is 19.0 Å². The first kappa shape index (κ1) is 27.6. The first-order chi connectivity index (χ1) is 17.6. The molecule has 12 heteroatoms. The molecule has 1 saturated heterocycles.